The van der Waals surface area contributed by atoms with Gasteiger partial charge in [-0.15, -0.1) is 0 Å². The van der Waals surface area contributed by atoms with E-state index < -0.39 is 12.1 Å². The summed E-state index contributed by atoms with van der Waals surface area (Å²) in [4.78, 5) is 23.2. The van der Waals surface area contributed by atoms with E-state index in [1.54, 1.807) is 0 Å². The van der Waals surface area contributed by atoms with Crippen molar-refractivity contribution in [2.24, 2.45) is 5.92 Å². The number of ether oxygens (including phenoxy) is 1. The fourth-order valence-electron chi connectivity index (χ4n) is 5.98. The highest BCUT2D eigenvalue weighted by Crippen LogP contribution is 2.21. The van der Waals surface area contributed by atoms with Crippen LogP contribution in [0, 0.1) is 5.92 Å². The minimum Gasteiger partial charge on any atom is -0.481 e. The number of carbonyl (C=O) groups excluding carboxylic acids is 1. The van der Waals surface area contributed by atoms with Crippen LogP contribution in [0.2, 0.25) is 0 Å². The van der Waals surface area contributed by atoms with Crippen molar-refractivity contribution in [3.05, 3.63) is 12.2 Å². The first-order valence-corrected chi connectivity index (χ1v) is 19.3. The number of hydrogen-bond acceptors (Lipinski definition) is 5. The molecule has 0 spiro atoms. The van der Waals surface area contributed by atoms with Gasteiger partial charge in [0.2, 0.25) is 0 Å². The number of unbranched alkanes of at least 4 members (excludes halogenated alkanes) is 24. The molecule has 0 saturated heterocycles. The summed E-state index contributed by atoms with van der Waals surface area (Å²) in [5, 5.41) is 27.3. The summed E-state index contributed by atoms with van der Waals surface area (Å²) in [5.74, 6) is -0.988. The molecule has 0 rings (SSSR count). The van der Waals surface area contributed by atoms with Crippen LogP contribution in [0.5, 0.6) is 0 Å². The van der Waals surface area contributed by atoms with Crippen LogP contribution < -0.4 is 0 Å². The second-order valence-corrected chi connectivity index (χ2v) is 13.4. The summed E-state index contributed by atoms with van der Waals surface area (Å²) in [6.45, 7) is 1.77. The SMILES string of the molecule is CCCCCCCCCCCCCCCCC(CCCCCCCC/C=C\CCCCCCCC(=O)O)C(=O)OCC(O)CO. The Bertz CT molecular complexity index is 664. The van der Waals surface area contributed by atoms with Crippen LogP contribution >= 0.6 is 0 Å². The zero-order valence-corrected chi connectivity index (χ0v) is 29.5. The van der Waals surface area contributed by atoms with E-state index in [1.165, 1.54) is 122 Å². The van der Waals surface area contributed by atoms with Crippen molar-refractivity contribution in [2.75, 3.05) is 13.2 Å². The number of allylic oxidation sites excluding steroid dienone is 2. The summed E-state index contributed by atoms with van der Waals surface area (Å²) < 4.78 is 5.34. The molecule has 0 aromatic heterocycles. The van der Waals surface area contributed by atoms with E-state index in [9.17, 15) is 14.7 Å². The normalized spacial score (nSPS) is 13.0. The van der Waals surface area contributed by atoms with Crippen molar-refractivity contribution < 1.29 is 29.6 Å². The van der Waals surface area contributed by atoms with Crippen LogP contribution in [0.25, 0.3) is 0 Å². The van der Waals surface area contributed by atoms with Crippen molar-refractivity contribution in [1.29, 1.82) is 0 Å². The van der Waals surface area contributed by atoms with E-state index in [0.29, 0.717) is 6.42 Å². The smallest absolute Gasteiger partial charge is 0.309 e. The van der Waals surface area contributed by atoms with Crippen LogP contribution in [-0.4, -0.2) is 46.6 Å². The molecule has 0 aliphatic rings. The summed E-state index contributed by atoms with van der Waals surface area (Å²) in [7, 11) is 0. The lowest BCUT2D eigenvalue weighted by atomic mass is 9.94. The van der Waals surface area contributed by atoms with Gasteiger partial charge in [0.05, 0.1) is 12.5 Å². The quantitative estimate of drug-likeness (QED) is 0.0358. The number of aliphatic hydroxyl groups excluding tert-OH is 2. The van der Waals surface area contributed by atoms with E-state index in [4.69, 9.17) is 14.9 Å². The Morgan fingerprint density at radius 3 is 1.36 bits per heavy atom. The Morgan fingerprint density at radius 1 is 0.578 bits per heavy atom. The Balaban J connectivity index is 3.88. The fraction of sp³-hybridized carbons (Fsp3) is 0.897. The van der Waals surface area contributed by atoms with Crippen molar-refractivity contribution in [1.82, 2.24) is 0 Å². The van der Waals surface area contributed by atoms with E-state index in [-0.39, 0.29) is 25.1 Å². The molecule has 0 aliphatic carbocycles. The molecule has 0 aromatic rings. The first-order chi connectivity index (χ1) is 22.0. The highest BCUT2D eigenvalue weighted by atomic mass is 16.5. The lowest BCUT2D eigenvalue weighted by Crippen LogP contribution is -2.25. The molecule has 2 atom stereocenters. The van der Waals surface area contributed by atoms with Gasteiger partial charge >= 0.3 is 11.9 Å². The maximum atomic E-state index is 12.7. The Morgan fingerprint density at radius 2 is 0.956 bits per heavy atom. The predicted octanol–water partition coefficient (Wildman–Crippen LogP) is 10.9. The number of rotatable bonds is 36. The van der Waals surface area contributed by atoms with E-state index in [2.05, 4.69) is 19.1 Å². The van der Waals surface area contributed by atoms with Crippen molar-refractivity contribution in [2.45, 2.75) is 206 Å². The van der Waals surface area contributed by atoms with Crippen LogP contribution in [0.15, 0.2) is 12.2 Å². The maximum Gasteiger partial charge on any atom is 0.309 e. The average Bonchev–Trinajstić information content (AvgIpc) is 3.03. The Hall–Kier alpha value is -1.40. The lowest BCUT2D eigenvalue weighted by molar-refractivity contribution is -0.152. The summed E-state index contributed by atoms with van der Waals surface area (Å²) in [6.07, 6.45) is 38.9. The van der Waals surface area contributed by atoms with Gasteiger partial charge in [-0.3, -0.25) is 9.59 Å². The summed E-state index contributed by atoms with van der Waals surface area (Å²) >= 11 is 0. The molecular weight excluding hydrogens is 564 g/mol. The van der Waals surface area contributed by atoms with Crippen LogP contribution in [0.3, 0.4) is 0 Å². The summed E-state index contributed by atoms with van der Waals surface area (Å²) in [5.41, 5.74) is 0. The van der Waals surface area contributed by atoms with Gasteiger partial charge in [0.15, 0.2) is 0 Å². The second-order valence-electron chi connectivity index (χ2n) is 13.4. The summed E-state index contributed by atoms with van der Waals surface area (Å²) in [6, 6.07) is 0. The minimum absolute atomic E-state index is 0.0944. The first kappa shape index (κ1) is 43.6. The third-order valence-corrected chi connectivity index (χ3v) is 8.97. The van der Waals surface area contributed by atoms with Crippen molar-refractivity contribution >= 4 is 11.9 Å². The number of esters is 1. The molecule has 0 aliphatic heterocycles. The maximum absolute atomic E-state index is 12.7. The molecule has 0 bridgehead atoms. The molecule has 0 heterocycles. The van der Waals surface area contributed by atoms with Crippen molar-refractivity contribution in [3.8, 4) is 0 Å². The second kappa shape index (κ2) is 35.5. The predicted molar refractivity (Wildman–Crippen MR) is 189 cm³/mol. The van der Waals surface area contributed by atoms with Crippen molar-refractivity contribution in [3.63, 3.8) is 0 Å². The molecule has 3 N–H and O–H groups in total. The number of carboxylic acid groups (broad SMARTS) is 1. The van der Waals surface area contributed by atoms with Gasteiger partial charge in [0.1, 0.15) is 12.7 Å². The minimum atomic E-state index is -0.993. The van der Waals surface area contributed by atoms with E-state index in [0.717, 1.165) is 64.2 Å². The Labute approximate surface area is 278 Å². The molecule has 45 heavy (non-hydrogen) atoms. The first-order valence-electron chi connectivity index (χ1n) is 19.3. The molecule has 2 unspecified atom stereocenters. The molecule has 6 nitrogen and oxygen atoms in total. The zero-order valence-electron chi connectivity index (χ0n) is 29.5. The number of aliphatic carboxylic acids is 1. The molecule has 0 amide bonds. The molecular formula is C39H74O6. The molecule has 0 aromatic carbocycles. The number of carboxylic acids is 1. The van der Waals surface area contributed by atoms with Gasteiger partial charge in [-0.1, -0.05) is 160 Å². The fourth-order valence-corrected chi connectivity index (χ4v) is 5.98. The van der Waals surface area contributed by atoms with Gasteiger partial charge in [0.25, 0.3) is 0 Å². The Kier molecular flexibility index (Phi) is 34.4. The highest BCUT2D eigenvalue weighted by molar-refractivity contribution is 5.72. The van der Waals surface area contributed by atoms with Crippen LogP contribution in [-0.2, 0) is 14.3 Å². The third-order valence-electron chi connectivity index (χ3n) is 8.97. The van der Waals surface area contributed by atoms with Gasteiger partial charge in [0, 0.05) is 6.42 Å². The third kappa shape index (κ3) is 33.8. The standard InChI is InChI=1S/C39H74O6/c1-2-3-4-5-6-7-8-9-13-16-19-22-25-28-31-36(39(44)45-35-37(41)34-40)32-29-26-23-20-17-14-11-10-12-15-18-21-24-27-30-33-38(42)43/h10,12,36-37,40-41H,2-9,11,13-35H2,1H3,(H,42,43)/b12-10-. The highest BCUT2D eigenvalue weighted by Gasteiger charge is 2.20. The topological polar surface area (TPSA) is 104 Å². The van der Waals surface area contributed by atoms with Gasteiger partial charge in [-0.25, -0.2) is 0 Å². The number of carbonyl (C=O) groups is 2. The van der Waals surface area contributed by atoms with E-state index in [1.807, 2.05) is 0 Å². The van der Waals surface area contributed by atoms with Crippen LogP contribution in [0.1, 0.15) is 200 Å². The molecule has 6 heteroatoms. The van der Waals surface area contributed by atoms with Gasteiger partial charge in [-0.05, 0) is 44.9 Å². The molecule has 0 saturated carbocycles. The molecule has 0 fully saturated rings. The monoisotopic (exact) mass is 639 g/mol. The van der Waals surface area contributed by atoms with Crippen LogP contribution in [0.4, 0.5) is 0 Å². The molecule has 266 valence electrons. The van der Waals surface area contributed by atoms with E-state index >= 15 is 0 Å². The number of hydrogen-bond donors (Lipinski definition) is 3. The lowest BCUT2D eigenvalue weighted by Gasteiger charge is -2.17. The van der Waals surface area contributed by atoms with Gasteiger partial charge in [-0.2, -0.15) is 0 Å². The number of aliphatic hydroxyl groups is 2. The molecule has 0 radical (unpaired) electrons. The zero-order chi connectivity index (χ0) is 33.1. The average molecular weight is 639 g/mol. The largest absolute Gasteiger partial charge is 0.481 e. The van der Waals surface area contributed by atoms with Gasteiger partial charge < -0.3 is 20.1 Å².